The van der Waals surface area contributed by atoms with Crippen molar-refractivity contribution in [1.29, 1.82) is 0 Å². The van der Waals surface area contributed by atoms with Crippen LogP contribution in [0.5, 0.6) is 0 Å². The van der Waals surface area contributed by atoms with Crippen molar-refractivity contribution < 1.29 is 0 Å². The second-order valence-corrected chi connectivity index (χ2v) is 2.69. The molecular weight excluding hydrogens is 144 g/mol. The van der Waals surface area contributed by atoms with Crippen LogP contribution >= 0.6 is 0 Å². The van der Waals surface area contributed by atoms with Crippen LogP contribution in [0, 0.1) is 5.92 Å². The minimum atomic E-state index is 0.648. The monoisotopic (exact) mass is 164 g/mol. The van der Waals surface area contributed by atoms with Gasteiger partial charge in [0.15, 0.2) is 0 Å². The van der Waals surface area contributed by atoms with Crippen LogP contribution in [0.2, 0.25) is 0 Å². The maximum absolute atomic E-state index is 3.59. The second-order valence-electron chi connectivity index (χ2n) is 2.69. The molecule has 0 N–H and O–H groups in total. The molecule has 0 radical (unpaired) electrons. The Bertz CT molecular complexity index is 159. The summed E-state index contributed by atoms with van der Waals surface area (Å²) in [5.41, 5.74) is 1.40. The molecule has 0 fully saturated rings. The summed E-state index contributed by atoms with van der Waals surface area (Å²) >= 11 is 0. The number of hydrogen-bond acceptors (Lipinski definition) is 0. The van der Waals surface area contributed by atoms with Crippen molar-refractivity contribution in [2.24, 2.45) is 5.92 Å². The van der Waals surface area contributed by atoms with Gasteiger partial charge in [-0.05, 0) is 12.8 Å². The highest BCUT2D eigenvalue weighted by Gasteiger charge is 1.91. The molecule has 0 aliphatic heterocycles. The summed E-state index contributed by atoms with van der Waals surface area (Å²) in [6.45, 7) is 16.1. The molecule has 0 aromatic rings. The molecule has 0 saturated carbocycles. The van der Waals surface area contributed by atoms with Gasteiger partial charge in [0.1, 0.15) is 0 Å². The van der Waals surface area contributed by atoms with E-state index in [0.717, 1.165) is 0 Å². The van der Waals surface area contributed by atoms with E-state index in [2.05, 4.69) is 46.6 Å². The smallest absolute Gasteiger partial charge is 0.0260 e. The van der Waals surface area contributed by atoms with Crippen molar-refractivity contribution in [2.45, 2.75) is 20.8 Å². The Labute approximate surface area is 77.0 Å². The average molecular weight is 164 g/mol. The van der Waals surface area contributed by atoms with Gasteiger partial charge in [-0.25, -0.2) is 0 Å². The molecule has 0 saturated heterocycles. The van der Waals surface area contributed by atoms with Crippen molar-refractivity contribution in [2.75, 3.05) is 0 Å². The van der Waals surface area contributed by atoms with E-state index in [4.69, 9.17) is 0 Å². The second kappa shape index (κ2) is 9.96. The fourth-order valence-corrected chi connectivity index (χ4v) is 0.478. The van der Waals surface area contributed by atoms with E-state index < -0.39 is 0 Å². The summed E-state index contributed by atoms with van der Waals surface area (Å²) in [5.74, 6) is 0.648. The largest absolute Gasteiger partial charge is 0.106 e. The van der Waals surface area contributed by atoms with Gasteiger partial charge < -0.3 is 0 Å². The van der Waals surface area contributed by atoms with Crippen molar-refractivity contribution in [3.63, 3.8) is 0 Å². The van der Waals surface area contributed by atoms with Gasteiger partial charge in [-0.3, -0.25) is 0 Å². The highest BCUT2D eigenvalue weighted by Crippen LogP contribution is 2.06. The maximum atomic E-state index is 3.59. The van der Waals surface area contributed by atoms with E-state index in [-0.39, 0.29) is 0 Å². The van der Waals surface area contributed by atoms with Gasteiger partial charge in [0.2, 0.25) is 0 Å². The minimum absolute atomic E-state index is 0.648. The molecule has 0 heterocycles. The summed E-state index contributed by atoms with van der Waals surface area (Å²) in [5, 5.41) is 0. The Kier molecular flexibility index (Phi) is 11.2. The Hall–Kier alpha value is -1.04. The van der Waals surface area contributed by atoms with Crippen LogP contribution in [0.3, 0.4) is 0 Å². The molecule has 12 heavy (non-hydrogen) atoms. The fourth-order valence-electron chi connectivity index (χ4n) is 0.478. The molecule has 0 aliphatic carbocycles. The average Bonchev–Trinajstić information content (AvgIpc) is 2.08. The first kappa shape index (κ1) is 13.5. The van der Waals surface area contributed by atoms with E-state index in [9.17, 15) is 0 Å². The van der Waals surface area contributed by atoms with Crippen LogP contribution in [0.15, 0.2) is 49.6 Å². The lowest BCUT2D eigenvalue weighted by Crippen LogP contribution is -1.86. The van der Waals surface area contributed by atoms with Gasteiger partial charge in [0.05, 0.1) is 0 Å². The molecule has 68 valence electrons. The predicted octanol–water partition coefficient (Wildman–Crippen LogP) is 4.13. The number of allylic oxidation sites excluding steroid dienone is 5. The Morgan fingerprint density at radius 2 is 1.67 bits per heavy atom. The van der Waals surface area contributed by atoms with E-state index >= 15 is 0 Å². The molecular formula is C12H20. The third-order valence-corrected chi connectivity index (χ3v) is 1.52. The van der Waals surface area contributed by atoms with Crippen LogP contribution in [0.4, 0.5) is 0 Å². The molecule has 0 rings (SSSR count). The maximum Gasteiger partial charge on any atom is -0.0260 e. The van der Waals surface area contributed by atoms with E-state index in [1.807, 2.05) is 12.2 Å². The molecule has 0 heteroatoms. The van der Waals surface area contributed by atoms with Gasteiger partial charge in [-0.15, -0.1) is 13.2 Å². The lowest BCUT2D eigenvalue weighted by Gasteiger charge is -2.01. The SMILES string of the molecule is C=C.C=C/C=C\C=C(/C)C(C)C. The van der Waals surface area contributed by atoms with Gasteiger partial charge >= 0.3 is 0 Å². The number of rotatable bonds is 3. The molecule has 0 nitrogen and oxygen atoms in total. The fraction of sp³-hybridized carbons (Fsp3) is 0.333. The molecule has 0 amide bonds. The first-order valence-electron chi connectivity index (χ1n) is 4.14. The Morgan fingerprint density at radius 1 is 1.17 bits per heavy atom. The van der Waals surface area contributed by atoms with Crippen LogP contribution in [0.1, 0.15) is 20.8 Å². The minimum Gasteiger partial charge on any atom is -0.106 e. The summed E-state index contributed by atoms with van der Waals surface area (Å²) in [6, 6.07) is 0. The molecule has 0 atom stereocenters. The quantitative estimate of drug-likeness (QED) is 0.434. The third kappa shape index (κ3) is 8.96. The molecule has 0 bridgehead atoms. The van der Waals surface area contributed by atoms with Crippen molar-refractivity contribution in [1.82, 2.24) is 0 Å². The molecule has 0 spiro atoms. The van der Waals surface area contributed by atoms with Crippen LogP contribution < -0.4 is 0 Å². The summed E-state index contributed by atoms with van der Waals surface area (Å²) < 4.78 is 0. The van der Waals surface area contributed by atoms with Crippen LogP contribution in [-0.2, 0) is 0 Å². The zero-order chi connectivity index (χ0) is 9.98. The molecule has 0 aliphatic rings. The summed E-state index contributed by atoms with van der Waals surface area (Å²) in [7, 11) is 0. The van der Waals surface area contributed by atoms with Crippen LogP contribution in [-0.4, -0.2) is 0 Å². The highest BCUT2D eigenvalue weighted by atomic mass is 14.0. The van der Waals surface area contributed by atoms with E-state index in [0.29, 0.717) is 5.92 Å². The normalized spacial score (nSPS) is 11.2. The van der Waals surface area contributed by atoms with Gasteiger partial charge in [-0.2, -0.15) is 0 Å². The number of hydrogen-bond donors (Lipinski definition) is 0. The predicted molar refractivity (Wildman–Crippen MR) is 59.2 cm³/mol. The molecule has 0 aromatic heterocycles. The van der Waals surface area contributed by atoms with Crippen LogP contribution in [0.25, 0.3) is 0 Å². The summed E-state index contributed by atoms with van der Waals surface area (Å²) in [6.07, 6.45) is 7.85. The van der Waals surface area contributed by atoms with Gasteiger partial charge in [0.25, 0.3) is 0 Å². The van der Waals surface area contributed by atoms with Crippen molar-refractivity contribution in [3.05, 3.63) is 49.6 Å². The van der Waals surface area contributed by atoms with E-state index in [1.165, 1.54) is 5.57 Å². The lowest BCUT2D eigenvalue weighted by atomic mass is 10.1. The Morgan fingerprint density at radius 3 is 2.00 bits per heavy atom. The lowest BCUT2D eigenvalue weighted by molar-refractivity contribution is 0.769. The van der Waals surface area contributed by atoms with Crippen molar-refractivity contribution >= 4 is 0 Å². The molecule has 0 aromatic carbocycles. The Balaban J connectivity index is 0. The molecule has 0 unspecified atom stereocenters. The van der Waals surface area contributed by atoms with Crippen molar-refractivity contribution in [3.8, 4) is 0 Å². The first-order chi connectivity index (χ1) is 5.68. The van der Waals surface area contributed by atoms with Gasteiger partial charge in [-0.1, -0.05) is 50.3 Å². The summed E-state index contributed by atoms with van der Waals surface area (Å²) in [4.78, 5) is 0. The third-order valence-electron chi connectivity index (χ3n) is 1.52. The zero-order valence-corrected chi connectivity index (χ0v) is 8.51. The first-order valence-corrected chi connectivity index (χ1v) is 4.14. The zero-order valence-electron chi connectivity index (χ0n) is 8.51. The van der Waals surface area contributed by atoms with Gasteiger partial charge in [0, 0.05) is 0 Å². The highest BCUT2D eigenvalue weighted by molar-refractivity contribution is 5.15. The topological polar surface area (TPSA) is 0 Å². The van der Waals surface area contributed by atoms with E-state index in [1.54, 1.807) is 6.08 Å². The standard InChI is InChI=1S/C10H16.C2H4/c1-5-6-7-8-10(4)9(2)3;1-2/h5-9H,1H2,2-4H3;1-2H2/b7-6-,10-8+;.